The van der Waals surface area contributed by atoms with E-state index in [1.165, 1.54) is 48.4 Å². The second kappa shape index (κ2) is 18.5. The number of piperidine rings is 1. The predicted octanol–water partition coefficient (Wildman–Crippen LogP) is 9.29. The number of alkyl halides is 7. The molecule has 0 unspecified atom stereocenters. The van der Waals surface area contributed by atoms with Gasteiger partial charge in [0.25, 0.3) is 0 Å². The van der Waals surface area contributed by atoms with Crippen molar-refractivity contribution in [3.8, 4) is 22.6 Å². The van der Waals surface area contributed by atoms with Gasteiger partial charge in [0.15, 0.2) is 0 Å². The van der Waals surface area contributed by atoms with E-state index in [4.69, 9.17) is 10.2 Å². The first-order chi connectivity index (χ1) is 36.7. The van der Waals surface area contributed by atoms with Crippen molar-refractivity contribution < 1.29 is 35.1 Å². The van der Waals surface area contributed by atoms with Gasteiger partial charge in [-0.05, 0) is 129 Å². The highest BCUT2D eigenvalue weighted by molar-refractivity contribution is 5.65. The third-order valence-corrected chi connectivity index (χ3v) is 16.1. The normalized spacial score (nSPS) is 19.2. The molecule has 1 aliphatic heterocycles. The number of imidazole rings is 2. The molecule has 0 amide bonds. The minimum Gasteiger partial charge on any atom is -0.320 e. The Hall–Kier alpha value is -7.76. The van der Waals surface area contributed by atoms with Crippen molar-refractivity contribution in [3.63, 3.8) is 0 Å². The number of fused-ring (bicyclic) bond motifs is 2. The van der Waals surface area contributed by atoms with Crippen LogP contribution in [0.25, 0.3) is 33.7 Å². The average molecular weight is 1070 g/mol. The Morgan fingerprint density at radius 2 is 1.43 bits per heavy atom. The number of H-pyrrole nitrogens is 1. The molecule has 2 saturated carbocycles. The standard InChI is InChI=1S/C53H50F8N14O2/c1-51(55)9-12-71(13-10-51)24-29-14-40(53(59,60)61)43-27-74(50(77)75(43)25-29)38-21-34(18-36(54)22-38)44(30-6-4-7-30)48-67-66-46(70(48)3)35-16-32(17-35)45(47-65-63-28-69(47)2)33-15-31(41-23-62-68-64-41)19-37(20-33)73-26-42-39(52(56,57)58)8-5-11-72(42)49(73)76/h5,8,11,14-15,18-23,25-28,30,32,35,44-45H,4,6-7,9-10,12-13,16-17,24H2,1-3H3,(H,62,64,68)/t32?,35?,44-,45+/m1/s1. The second-order valence-corrected chi connectivity index (χ2v) is 21.2. The molecule has 400 valence electrons. The monoisotopic (exact) mass is 1070 g/mol. The molecule has 3 aliphatic rings. The van der Waals surface area contributed by atoms with Gasteiger partial charge < -0.3 is 9.13 Å². The van der Waals surface area contributed by atoms with Crippen LogP contribution in [0, 0.1) is 17.7 Å². The number of aryl methyl sites for hydroxylation is 1. The molecule has 0 radical (unpaired) electrons. The first kappa shape index (κ1) is 50.1. The fraction of sp³-hybridized carbons (Fsp3) is 0.396. The maximum Gasteiger partial charge on any atom is 0.418 e. The SMILES string of the molecule is Cn1cnnc1[C@H](c1cc(-c2cn[nH]n2)cc(-n2cc3c(C(F)(F)F)cccn3c2=O)c1)C1CC(c2nnc([C@@H](c3cc(F)cc(-n4cc5c(C(F)(F)F)cc(CN6CCC(C)(F)CC6)cn5c4=O)c3)C3CCC3)n2C)C1. The minimum absolute atomic E-state index is 0.0151. The lowest BCUT2D eigenvalue weighted by atomic mass is 9.65. The molecule has 24 heteroatoms. The van der Waals surface area contributed by atoms with Crippen LogP contribution >= 0.6 is 0 Å². The fourth-order valence-corrected chi connectivity index (χ4v) is 11.8. The summed E-state index contributed by atoms with van der Waals surface area (Å²) in [7, 11) is 3.66. The van der Waals surface area contributed by atoms with E-state index in [9.17, 15) is 40.3 Å². The number of rotatable bonds is 12. The quantitative estimate of drug-likeness (QED) is 0.118. The van der Waals surface area contributed by atoms with Crippen molar-refractivity contribution >= 4 is 11.0 Å². The van der Waals surface area contributed by atoms with Crippen LogP contribution in [0.4, 0.5) is 35.1 Å². The highest BCUT2D eigenvalue weighted by Crippen LogP contribution is 2.52. The fourth-order valence-electron chi connectivity index (χ4n) is 11.8. The molecule has 16 nitrogen and oxygen atoms in total. The van der Waals surface area contributed by atoms with Gasteiger partial charge in [0.2, 0.25) is 0 Å². The van der Waals surface area contributed by atoms with E-state index in [2.05, 4.69) is 25.6 Å². The van der Waals surface area contributed by atoms with Crippen LogP contribution in [0.15, 0.2) is 101 Å². The number of nitrogens with zero attached hydrogens (tertiary/aromatic N) is 13. The molecule has 2 aromatic carbocycles. The molecule has 1 N–H and O–H groups in total. The zero-order valence-electron chi connectivity index (χ0n) is 41.8. The van der Waals surface area contributed by atoms with Gasteiger partial charge in [0, 0.05) is 81.8 Å². The van der Waals surface area contributed by atoms with Gasteiger partial charge in [0.1, 0.15) is 41.0 Å². The molecule has 0 spiro atoms. The number of aromatic nitrogens is 13. The lowest BCUT2D eigenvalue weighted by Gasteiger charge is -2.40. The topological polar surface area (TPSA) is 159 Å². The number of likely N-dealkylation sites (tertiary alicyclic amines) is 1. The molecular weight excluding hydrogens is 1020 g/mol. The summed E-state index contributed by atoms with van der Waals surface area (Å²) in [6, 6.07) is 12.6. The van der Waals surface area contributed by atoms with E-state index >= 15 is 4.39 Å². The molecule has 8 heterocycles. The largest absolute Gasteiger partial charge is 0.418 e. The predicted molar refractivity (Wildman–Crippen MR) is 264 cm³/mol. The molecule has 7 aromatic heterocycles. The van der Waals surface area contributed by atoms with Crippen molar-refractivity contribution in [1.82, 2.24) is 67.8 Å². The molecule has 12 rings (SSSR count). The van der Waals surface area contributed by atoms with Gasteiger partial charge in [0.05, 0.1) is 39.7 Å². The van der Waals surface area contributed by atoms with Crippen molar-refractivity contribution in [2.75, 3.05) is 13.1 Å². The van der Waals surface area contributed by atoms with E-state index in [0.717, 1.165) is 57.0 Å². The molecule has 1 saturated heterocycles. The summed E-state index contributed by atoms with van der Waals surface area (Å²) >= 11 is 0. The van der Waals surface area contributed by atoms with Gasteiger partial charge in [-0.2, -0.15) is 41.8 Å². The molecular formula is C53H50F8N14O2. The van der Waals surface area contributed by atoms with Crippen molar-refractivity contribution in [1.29, 1.82) is 0 Å². The van der Waals surface area contributed by atoms with E-state index in [-0.39, 0.29) is 53.9 Å². The number of nitrogens with one attached hydrogen (secondary N) is 1. The van der Waals surface area contributed by atoms with E-state index in [0.29, 0.717) is 71.5 Å². The van der Waals surface area contributed by atoms with E-state index in [1.807, 2.05) is 29.6 Å². The van der Waals surface area contributed by atoms with Crippen molar-refractivity contribution in [2.24, 2.45) is 25.9 Å². The lowest BCUT2D eigenvalue weighted by Crippen LogP contribution is -2.39. The summed E-state index contributed by atoms with van der Waals surface area (Å²) in [5.74, 6) is 0.00183. The van der Waals surface area contributed by atoms with Crippen molar-refractivity contribution in [2.45, 2.75) is 94.2 Å². The van der Waals surface area contributed by atoms with Crippen LogP contribution in [-0.2, 0) is 33.0 Å². The summed E-state index contributed by atoms with van der Waals surface area (Å²) < 4.78 is 125. The van der Waals surface area contributed by atoms with Crippen LogP contribution in [0.2, 0.25) is 0 Å². The molecule has 0 bridgehead atoms. The smallest absolute Gasteiger partial charge is 0.320 e. The number of hydrogen-bond acceptors (Lipinski definition) is 9. The Balaban J connectivity index is 0.865. The van der Waals surface area contributed by atoms with E-state index in [1.54, 1.807) is 29.1 Å². The van der Waals surface area contributed by atoms with Crippen LogP contribution in [0.1, 0.15) is 115 Å². The first-order valence-corrected chi connectivity index (χ1v) is 25.3. The Bertz CT molecular complexity index is 3820. The highest BCUT2D eigenvalue weighted by Gasteiger charge is 2.44. The Labute approximate surface area is 432 Å². The van der Waals surface area contributed by atoms with Gasteiger partial charge in [-0.15, -0.1) is 20.4 Å². The number of pyridine rings is 2. The summed E-state index contributed by atoms with van der Waals surface area (Å²) in [6.07, 6.45) is 2.58. The molecule has 9 aromatic rings. The molecule has 2 atom stereocenters. The van der Waals surface area contributed by atoms with Gasteiger partial charge >= 0.3 is 23.7 Å². The lowest BCUT2D eigenvalue weighted by molar-refractivity contribution is -0.137. The Morgan fingerprint density at radius 3 is 2.06 bits per heavy atom. The average Bonchev–Trinajstić information content (AvgIpc) is 4.27. The molecule has 77 heavy (non-hydrogen) atoms. The molecule has 3 fully saturated rings. The van der Waals surface area contributed by atoms with Gasteiger partial charge in [-0.3, -0.25) is 22.8 Å². The Morgan fingerprint density at radius 1 is 0.766 bits per heavy atom. The maximum absolute atomic E-state index is 16.0. The number of hydrogen-bond donors (Lipinski definition) is 1. The first-order valence-electron chi connectivity index (χ1n) is 25.3. The summed E-state index contributed by atoms with van der Waals surface area (Å²) in [4.78, 5) is 29.9. The van der Waals surface area contributed by atoms with Crippen LogP contribution < -0.4 is 11.4 Å². The molecule has 2 aliphatic carbocycles. The van der Waals surface area contributed by atoms with Crippen LogP contribution in [-0.4, -0.2) is 86.5 Å². The Kier molecular flexibility index (Phi) is 12.0. The number of aromatic amines is 1. The van der Waals surface area contributed by atoms with Gasteiger partial charge in [-0.1, -0.05) is 6.42 Å². The number of benzene rings is 2. The second-order valence-electron chi connectivity index (χ2n) is 21.2. The van der Waals surface area contributed by atoms with Gasteiger partial charge in [-0.25, -0.2) is 18.4 Å². The van der Waals surface area contributed by atoms with E-state index < -0.39 is 63.7 Å². The maximum atomic E-state index is 16.0. The summed E-state index contributed by atoms with van der Waals surface area (Å²) in [5.41, 5.74) is -2.85. The highest BCUT2D eigenvalue weighted by atomic mass is 19.4. The zero-order valence-corrected chi connectivity index (χ0v) is 41.8. The minimum atomic E-state index is -4.83. The van der Waals surface area contributed by atoms with Crippen LogP contribution in [0.3, 0.4) is 0 Å². The third kappa shape index (κ3) is 9.02. The summed E-state index contributed by atoms with van der Waals surface area (Å²) in [6.45, 7) is 2.29. The zero-order chi connectivity index (χ0) is 53.9. The third-order valence-electron chi connectivity index (χ3n) is 16.1. The number of halogens is 8. The van der Waals surface area contributed by atoms with Crippen LogP contribution in [0.5, 0.6) is 0 Å². The van der Waals surface area contributed by atoms with Crippen molar-refractivity contribution in [3.05, 3.63) is 164 Å². The summed E-state index contributed by atoms with van der Waals surface area (Å²) in [5, 5.41) is 29.0.